The number of piperidine rings is 1. The number of ether oxygens (including phenoxy) is 1. The minimum Gasteiger partial charge on any atom is -0.494 e. The molecule has 120 valence electrons. The Kier molecular flexibility index (Phi) is 5.49. The minimum absolute atomic E-state index is 0.811. The van der Waals surface area contributed by atoms with Crippen LogP contribution in [0.15, 0.2) is 29.3 Å². The molecular weight excluding hydrogens is 272 g/mol. The van der Waals surface area contributed by atoms with Gasteiger partial charge < -0.3 is 9.64 Å². The van der Waals surface area contributed by atoms with Gasteiger partial charge >= 0.3 is 0 Å². The Morgan fingerprint density at radius 2 is 2.09 bits per heavy atom. The van der Waals surface area contributed by atoms with Gasteiger partial charge in [-0.2, -0.15) is 0 Å². The molecule has 0 unspecified atom stereocenters. The lowest BCUT2D eigenvalue weighted by atomic mass is 10.0. The van der Waals surface area contributed by atoms with E-state index in [1.54, 1.807) is 0 Å². The van der Waals surface area contributed by atoms with Crippen LogP contribution in [0.2, 0.25) is 0 Å². The molecule has 0 saturated carbocycles. The fourth-order valence-corrected chi connectivity index (χ4v) is 3.49. The zero-order chi connectivity index (χ0) is 15.2. The van der Waals surface area contributed by atoms with E-state index in [0.717, 1.165) is 37.7 Å². The summed E-state index contributed by atoms with van der Waals surface area (Å²) in [6, 6.07) is 8.45. The van der Waals surface area contributed by atoms with Crippen LogP contribution >= 0.6 is 0 Å². The summed E-state index contributed by atoms with van der Waals surface area (Å²) in [6.45, 7) is 7.85. The smallest absolute Gasteiger partial charge is 0.119 e. The van der Waals surface area contributed by atoms with Gasteiger partial charge in [0.25, 0.3) is 0 Å². The quantitative estimate of drug-likeness (QED) is 0.747. The van der Waals surface area contributed by atoms with Gasteiger partial charge in [-0.3, -0.25) is 4.99 Å². The number of nitrogens with zero attached hydrogens (tertiary/aromatic N) is 2. The van der Waals surface area contributed by atoms with Gasteiger partial charge in [0, 0.05) is 25.3 Å². The summed E-state index contributed by atoms with van der Waals surface area (Å²) in [5.41, 5.74) is 2.51. The molecular formula is C19H28N2O. The lowest BCUT2D eigenvalue weighted by molar-refractivity contribution is 0.170. The third kappa shape index (κ3) is 4.33. The van der Waals surface area contributed by atoms with Gasteiger partial charge in [0.2, 0.25) is 0 Å². The van der Waals surface area contributed by atoms with Gasteiger partial charge in [-0.25, -0.2) is 0 Å². The van der Waals surface area contributed by atoms with Crippen molar-refractivity contribution in [2.75, 3.05) is 32.8 Å². The van der Waals surface area contributed by atoms with E-state index in [1.165, 1.54) is 50.2 Å². The highest BCUT2D eigenvalue weighted by Gasteiger charge is 2.15. The number of hydrogen-bond acceptors (Lipinski definition) is 3. The molecule has 1 aromatic rings. The Bertz CT molecular complexity index is 495. The van der Waals surface area contributed by atoms with E-state index in [0.29, 0.717) is 0 Å². The van der Waals surface area contributed by atoms with Gasteiger partial charge in [-0.1, -0.05) is 6.92 Å². The van der Waals surface area contributed by atoms with Crippen LogP contribution < -0.4 is 4.74 Å². The predicted octanol–water partition coefficient (Wildman–Crippen LogP) is 3.77. The highest BCUT2D eigenvalue weighted by Crippen LogP contribution is 2.18. The van der Waals surface area contributed by atoms with E-state index < -0.39 is 0 Å². The first-order chi connectivity index (χ1) is 10.8. The van der Waals surface area contributed by atoms with Crippen LogP contribution in [0.4, 0.5) is 0 Å². The summed E-state index contributed by atoms with van der Waals surface area (Å²) >= 11 is 0. The largest absolute Gasteiger partial charge is 0.494 e. The molecule has 0 aromatic heterocycles. The van der Waals surface area contributed by atoms with E-state index in [4.69, 9.17) is 4.74 Å². The average molecular weight is 300 g/mol. The van der Waals surface area contributed by atoms with Crippen LogP contribution in [-0.2, 0) is 0 Å². The molecule has 1 saturated heterocycles. The Balaban J connectivity index is 1.38. The molecule has 22 heavy (non-hydrogen) atoms. The molecule has 1 fully saturated rings. The summed E-state index contributed by atoms with van der Waals surface area (Å²) in [7, 11) is 0. The maximum atomic E-state index is 5.88. The first-order valence-corrected chi connectivity index (χ1v) is 8.80. The van der Waals surface area contributed by atoms with Crippen LogP contribution in [0.5, 0.6) is 5.75 Å². The third-order valence-electron chi connectivity index (χ3n) is 4.69. The average Bonchev–Trinajstić information content (AvgIpc) is 3.07. The Labute approximate surface area is 134 Å². The zero-order valence-corrected chi connectivity index (χ0v) is 13.8. The first kappa shape index (κ1) is 15.5. The minimum atomic E-state index is 0.811. The SMILES string of the molecule is C[C@@H]1CCCN(CCCOc2ccc(C3=NCCC3)cc2)C1. The molecule has 2 aliphatic rings. The van der Waals surface area contributed by atoms with Gasteiger partial charge in [0.15, 0.2) is 0 Å². The van der Waals surface area contributed by atoms with Crippen molar-refractivity contribution in [2.24, 2.45) is 10.9 Å². The standard InChI is InChI=1S/C19H28N2O/c1-16-5-3-12-21(15-16)13-4-14-22-18-9-7-17(8-10-18)19-6-2-11-20-19/h7-10,16H,2-6,11-15H2,1H3/t16-/m1/s1. The highest BCUT2D eigenvalue weighted by atomic mass is 16.5. The molecule has 3 nitrogen and oxygen atoms in total. The van der Waals surface area contributed by atoms with Crippen molar-refractivity contribution < 1.29 is 4.74 Å². The second-order valence-electron chi connectivity index (χ2n) is 6.71. The van der Waals surface area contributed by atoms with Gasteiger partial charge in [-0.15, -0.1) is 0 Å². The maximum absolute atomic E-state index is 5.88. The molecule has 1 aromatic carbocycles. The van der Waals surface area contributed by atoms with Crippen LogP contribution in [-0.4, -0.2) is 43.4 Å². The maximum Gasteiger partial charge on any atom is 0.119 e. The van der Waals surface area contributed by atoms with E-state index in [-0.39, 0.29) is 0 Å². The Morgan fingerprint density at radius 3 is 2.82 bits per heavy atom. The van der Waals surface area contributed by atoms with Crippen molar-refractivity contribution in [3.63, 3.8) is 0 Å². The summed E-state index contributed by atoms with van der Waals surface area (Å²) in [4.78, 5) is 7.12. The molecule has 0 N–H and O–H groups in total. The number of likely N-dealkylation sites (tertiary alicyclic amines) is 1. The van der Waals surface area contributed by atoms with E-state index >= 15 is 0 Å². The molecule has 2 aliphatic heterocycles. The van der Waals surface area contributed by atoms with Crippen molar-refractivity contribution in [2.45, 2.75) is 39.0 Å². The van der Waals surface area contributed by atoms with Crippen LogP contribution in [0, 0.1) is 5.92 Å². The Hall–Kier alpha value is -1.35. The molecule has 1 atom stereocenters. The van der Waals surface area contributed by atoms with Gasteiger partial charge in [0.1, 0.15) is 5.75 Å². The highest BCUT2D eigenvalue weighted by molar-refractivity contribution is 6.01. The second kappa shape index (κ2) is 7.77. The monoisotopic (exact) mass is 300 g/mol. The summed E-state index contributed by atoms with van der Waals surface area (Å²) < 4.78 is 5.88. The van der Waals surface area contributed by atoms with Crippen LogP contribution in [0.3, 0.4) is 0 Å². The van der Waals surface area contributed by atoms with Crippen molar-refractivity contribution in [3.05, 3.63) is 29.8 Å². The van der Waals surface area contributed by atoms with Crippen molar-refractivity contribution in [1.82, 2.24) is 4.90 Å². The lowest BCUT2D eigenvalue weighted by Gasteiger charge is -2.30. The Morgan fingerprint density at radius 1 is 1.23 bits per heavy atom. The third-order valence-corrected chi connectivity index (χ3v) is 4.69. The molecule has 2 heterocycles. The fourth-order valence-electron chi connectivity index (χ4n) is 3.49. The summed E-state index contributed by atoms with van der Waals surface area (Å²) in [6.07, 6.45) is 6.18. The van der Waals surface area contributed by atoms with E-state index in [1.807, 2.05) is 0 Å². The molecule has 3 heteroatoms. The number of rotatable bonds is 6. The van der Waals surface area contributed by atoms with Crippen LogP contribution in [0.25, 0.3) is 0 Å². The molecule has 0 aliphatic carbocycles. The topological polar surface area (TPSA) is 24.8 Å². The van der Waals surface area contributed by atoms with Crippen LogP contribution in [0.1, 0.15) is 44.6 Å². The number of hydrogen-bond donors (Lipinski definition) is 0. The second-order valence-corrected chi connectivity index (χ2v) is 6.71. The number of aliphatic imine (C=N–C) groups is 1. The lowest BCUT2D eigenvalue weighted by Crippen LogP contribution is -2.35. The molecule has 0 amide bonds. The molecule has 0 bridgehead atoms. The van der Waals surface area contributed by atoms with Gasteiger partial charge in [0.05, 0.1) is 6.61 Å². The van der Waals surface area contributed by atoms with E-state index in [9.17, 15) is 0 Å². The van der Waals surface area contributed by atoms with E-state index in [2.05, 4.69) is 41.1 Å². The van der Waals surface area contributed by atoms with Gasteiger partial charge in [-0.05, 0) is 74.4 Å². The summed E-state index contributed by atoms with van der Waals surface area (Å²) in [5, 5.41) is 0. The molecule has 0 spiro atoms. The number of benzene rings is 1. The van der Waals surface area contributed by atoms with Crippen molar-refractivity contribution >= 4 is 5.71 Å². The normalized spacial score (nSPS) is 22.6. The zero-order valence-electron chi connectivity index (χ0n) is 13.8. The first-order valence-electron chi connectivity index (χ1n) is 8.80. The predicted molar refractivity (Wildman–Crippen MR) is 92.0 cm³/mol. The fraction of sp³-hybridized carbons (Fsp3) is 0.632. The van der Waals surface area contributed by atoms with Crippen molar-refractivity contribution in [3.8, 4) is 5.75 Å². The van der Waals surface area contributed by atoms with Crippen molar-refractivity contribution in [1.29, 1.82) is 0 Å². The summed E-state index contributed by atoms with van der Waals surface area (Å²) in [5.74, 6) is 1.84. The molecule has 0 radical (unpaired) electrons. The molecule has 3 rings (SSSR count).